The molecule has 4 nitrogen and oxygen atoms in total. The lowest BCUT2D eigenvalue weighted by molar-refractivity contribution is 0.0767. The average Bonchev–Trinajstić information content (AvgIpc) is 2.94. The number of nitrogens with zero attached hydrogens (tertiary/aromatic N) is 2. The fraction of sp³-hybridized carbons (Fsp3) is 0.200. The van der Waals surface area contributed by atoms with Gasteiger partial charge in [0.15, 0.2) is 5.76 Å². The molecule has 20 heavy (non-hydrogen) atoms. The predicted molar refractivity (Wildman–Crippen MR) is 76.3 cm³/mol. The van der Waals surface area contributed by atoms with Gasteiger partial charge in [-0.05, 0) is 24.3 Å². The van der Waals surface area contributed by atoms with Gasteiger partial charge in [-0.25, -0.2) is 0 Å². The van der Waals surface area contributed by atoms with Crippen molar-refractivity contribution in [3.05, 3.63) is 47.2 Å². The molecule has 0 saturated carbocycles. The van der Waals surface area contributed by atoms with E-state index >= 15 is 0 Å². The molecule has 0 aliphatic heterocycles. The Hall–Kier alpha value is -2.25. The summed E-state index contributed by atoms with van der Waals surface area (Å²) in [5, 5.41) is 9.09. The van der Waals surface area contributed by atoms with Gasteiger partial charge in [-0.2, -0.15) is 5.26 Å². The Morgan fingerprint density at radius 1 is 1.35 bits per heavy atom. The van der Waals surface area contributed by atoms with Crippen LogP contribution in [0.1, 0.15) is 17.0 Å². The number of carbonyl (C=O) groups excluding carboxylic acids is 1. The molecule has 0 saturated heterocycles. The molecule has 5 heteroatoms. The average molecular weight is 289 g/mol. The summed E-state index contributed by atoms with van der Waals surface area (Å²) in [5.74, 6) is 0.534. The van der Waals surface area contributed by atoms with Crippen molar-refractivity contribution in [2.75, 3.05) is 13.6 Å². The molecule has 1 aromatic heterocycles. The molecule has 2 rings (SSSR count). The summed E-state index contributed by atoms with van der Waals surface area (Å²) in [6, 6.07) is 12.6. The van der Waals surface area contributed by atoms with E-state index in [1.807, 2.05) is 24.3 Å². The van der Waals surface area contributed by atoms with E-state index in [4.69, 9.17) is 21.3 Å². The minimum absolute atomic E-state index is 0.236. The van der Waals surface area contributed by atoms with Gasteiger partial charge in [-0.15, -0.1) is 0 Å². The smallest absolute Gasteiger partial charge is 0.289 e. The van der Waals surface area contributed by atoms with Gasteiger partial charge in [0.25, 0.3) is 5.91 Å². The normalized spacial score (nSPS) is 10.1. The molecule has 0 bridgehead atoms. The number of carbonyl (C=O) groups is 1. The topological polar surface area (TPSA) is 57.2 Å². The largest absolute Gasteiger partial charge is 0.451 e. The van der Waals surface area contributed by atoms with Crippen molar-refractivity contribution in [3.63, 3.8) is 0 Å². The Morgan fingerprint density at radius 3 is 2.80 bits per heavy atom. The van der Waals surface area contributed by atoms with Crippen LogP contribution < -0.4 is 0 Å². The number of nitriles is 1. The fourth-order valence-corrected chi connectivity index (χ4v) is 1.99. The van der Waals surface area contributed by atoms with Gasteiger partial charge in [-0.1, -0.05) is 23.7 Å². The van der Waals surface area contributed by atoms with Crippen molar-refractivity contribution in [1.82, 2.24) is 4.90 Å². The third-order valence-corrected chi connectivity index (χ3v) is 3.19. The molecule has 1 aromatic carbocycles. The molecule has 0 aliphatic rings. The maximum atomic E-state index is 12.1. The Morgan fingerprint density at radius 2 is 2.10 bits per heavy atom. The SMILES string of the molecule is CN(CCC#N)C(=O)c1ccc(-c2ccccc2Cl)o1. The molecular weight excluding hydrogens is 276 g/mol. The van der Waals surface area contributed by atoms with E-state index in [0.717, 1.165) is 5.56 Å². The molecule has 2 aromatic rings. The second kappa shape index (κ2) is 6.27. The Kier molecular flexibility index (Phi) is 4.44. The number of hydrogen-bond donors (Lipinski definition) is 0. The molecule has 0 unspecified atom stereocenters. The lowest BCUT2D eigenvalue weighted by Crippen LogP contribution is -2.27. The zero-order valence-corrected chi connectivity index (χ0v) is 11.7. The van der Waals surface area contributed by atoms with Crippen molar-refractivity contribution < 1.29 is 9.21 Å². The van der Waals surface area contributed by atoms with Crippen LogP contribution in [0.25, 0.3) is 11.3 Å². The molecule has 1 amide bonds. The number of halogens is 1. The summed E-state index contributed by atoms with van der Waals surface area (Å²) in [6.45, 7) is 0.372. The number of hydrogen-bond acceptors (Lipinski definition) is 3. The monoisotopic (exact) mass is 288 g/mol. The van der Waals surface area contributed by atoms with Crippen LogP contribution in [0.3, 0.4) is 0 Å². The van der Waals surface area contributed by atoms with E-state index < -0.39 is 0 Å². The first-order chi connectivity index (χ1) is 9.63. The predicted octanol–water partition coefficient (Wildman–Crippen LogP) is 3.59. The van der Waals surface area contributed by atoms with Gasteiger partial charge in [0.2, 0.25) is 0 Å². The van der Waals surface area contributed by atoms with Crippen LogP contribution in [-0.4, -0.2) is 24.4 Å². The lowest BCUT2D eigenvalue weighted by atomic mass is 10.2. The Balaban J connectivity index is 2.19. The van der Waals surface area contributed by atoms with Gasteiger partial charge in [0, 0.05) is 19.2 Å². The fourth-order valence-electron chi connectivity index (χ4n) is 1.77. The Labute approximate surface area is 122 Å². The molecule has 0 radical (unpaired) electrons. The molecule has 102 valence electrons. The van der Waals surface area contributed by atoms with Crippen molar-refractivity contribution in [2.24, 2.45) is 0 Å². The number of amides is 1. The van der Waals surface area contributed by atoms with Crippen LogP contribution in [-0.2, 0) is 0 Å². The van der Waals surface area contributed by atoms with E-state index in [2.05, 4.69) is 0 Å². The third-order valence-electron chi connectivity index (χ3n) is 2.86. The van der Waals surface area contributed by atoms with Gasteiger partial charge < -0.3 is 9.32 Å². The third kappa shape index (κ3) is 3.01. The van der Waals surface area contributed by atoms with Gasteiger partial charge in [-0.3, -0.25) is 4.79 Å². The van der Waals surface area contributed by atoms with Crippen molar-refractivity contribution in [2.45, 2.75) is 6.42 Å². The van der Waals surface area contributed by atoms with Gasteiger partial charge >= 0.3 is 0 Å². The van der Waals surface area contributed by atoms with Crippen LogP contribution in [0.4, 0.5) is 0 Å². The molecule has 0 N–H and O–H groups in total. The van der Waals surface area contributed by atoms with E-state index in [1.165, 1.54) is 4.90 Å². The number of furan rings is 1. The van der Waals surface area contributed by atoms with Crippen molar-refractivity contribution in [3.8, 4) is 17.4 Å². The van der Waals surface area contributed by atoms with Crippen LogP contribution in [0.15, 0.2) is 40.8 Å². The van der Waals surface area contributed by atoms with E-state index in [9.17, 15) is 4.79 Å². The standard InChI is InChI=1S/C15H13ClN2O2/c1-18(10-4-9-17)15(19)14-8-7-13(20-14)11-5-2-3-6-12(11)16/h2-3,5-8H,4,10H2,1H3. The summed E-state index contributed by atoms with van der Waals surface area (Å²) in [7, 11) is 1.64. The van der Waals surface area contributed by atoms with Crippen LogP contribution in [0, 0.1) is 11.3 Å². The zero-order valence-electron chi connectivity index (χ0n) is 11.0. The maximum absolute atomic E-state index is 12.1. The molecular formula is C15H13ClN2O2. The van der Waals surface area contributed by atoms with Gasteiger partial charge in [0.1, 0.15) is 5.76 Å². The van der Waals surface area contributed by atoms with Crippen molar-refractivity contribution >= 4 is 17.5 Å². The van der Waals surface area contributed by atoms with Gasteiger partial charge in [0.05, 0.1) is 17.5 Å². The van der Waals surface area contributed by atoms with Crippen LogP contribution in [0.5, 0.6) is 0 Å². The highest BCUT2D eigenvalue weighted by Gasteiger charge is 2.17. The highest BCUT2D eigenvalue weighted by atomic mass is 35.5. The highest BCUT2D eigenvalue weighted by molar-refractivity contribution is 6.33. The molecule has 1 heterocycles. The molecule has 0 spiro atoms. The van der Waals surface area contributed by atoms with Crippen molar-refractivity contribution in [1.29, 1.82) is 5.26 Å². The maximum Gasteiger partial charge on any atom is 0.289 e. The zero-order chi connectivity index (χ0) is 14.5. The van der Waals surface area contributed by atoms with E-state index in [-0.39, 0.29) is 11.7 Å². The summed E-state index contributed by atoms with van der Waals surface area (Å²) in [6.07, 6.45) is 0.292. The number of benzene rings is 1. The molecule has 0 aliphatic carbocycles. The summed E-state index contributed by atoms with van der Waals surface area (Å²) < 4.78 is 5.55. The first kappa shape index (κ1) is 14.2. The first-order valence-electron chi connectivity index (χ1n) is 6.10. The lowest BCUT2D eigenvalue weighted by Gasteiger charge is -2.13. The summed E-state index contributed by atoms with van der Waals surface area (Å²) in [5.41, 5.74) is 0.743. The van der Waals surface area contributed by atoms with Crippen LogP contribution >= 0.6 is 11.6 Å². The van der Waals surface area contributed by atoms with Crippen LogP contribution in [0.2, 0.25) is 5.02 Å². The minimum atomic E-state index is -0.251. The summed E-state index contributed by atoms with van der Waals surface area (Å²) >= 11 is 6.09. The minimum Gasteiger partial charge on any atom is -0.451 e. The molecule has 0 atom stereocenters. The highest BCUT2D eigenvalue weighted by Crippen LogP contribution is 2.29. The number of rotatable bonds is 4. The summed E-state index contributed by atoms with van der Waals surface area (Å²) in [4.78, 5) is 13.5. The van der Waals surface area contributed by atoms with E-state index in [0.29, 0.717) is 23.7 Å². The molecule has 0 fully saturated rings. The second-order valence-corrected chi connectivity index (χ2v) is 4.69. The Bertz CT molecular complexity index is 658. The second-order valence-electron chi connectivity index (χ2n) is 4.28. The quantitative estimate of drug-likeness (QED) is 0.864. The first-order valence-corrected chi connectivity index (χ1v) is 6.48. The van der Waals surface area contributed by atoms with E-state index in [1.54, 1.807) is 25.2 Å².